The first-order chi connectivity index (χ1) is 13.9. The van der Waals surface area contributed by atoms with E-state index in [9.17, 15) is 4.79 Å². The van der Waals surface area contributed by atoms with Gasteiger partial charge in [-0.2, -0.15) is 10.2 Å². The van der Waals surface area contributed by atoms with Crippen molar-refractivity contribution in [1.29, 1.82) is 0 Å². The summed E-state index contributed by atoms with van der Waals surface area (Å²) in [6, 6.07) is 6.65. The minimum absolute atomic E-state index is 0.127. The van der Waals surface area contributed by atoms with E-state index in [1.54, 1.807) is 6.92 Å². The maximum Gasteiger partial charge on any atom is 0.219 e. The zero-order chi connectivity index (χ0) is 20.3. The quantitative estimate of drug-likeness (QED) is 0.675. The van der Waals surface area contributed by atoms with Crippen molar-refractivity contribution in [2.75, 3.05) is 18.0 Å². The van der Waals surface area contributed by atoms with E-state index < -0.39 is 0 Å². The lowest BCUT2D eigenvalue weighted by Gasteiger charge is -2.28. The van der Waals surface area contributed by atoms with Crippen molar-refractivity contribution in [2.45, 2.75) is 32.7 Å². The van der Waals surface area contributed by atoms with E-state index in [2.05, 4.69) is 35.1 Å². The zero-order valence-electron chi connectivity index (χ0n) is 17.4. The van der Waals surface area contributed by atoms with E-state index in [0.29, 0.717) is 12.5 Å². The average molecular weight is 390 g/mol. The lowest BCUT2D eigenvalue weighted by molar-refractivity contribution is -0.129. The Labute approximate surface area is 170 Å². The Kier molecular flexibility index (Phi) is 4.01. The maximum absolute atomic E-state index is 12.0. The first-order valence-corrected chi connectivity index (χ1v) is 10.1. The van der Waals surface area contributed by atoms with Gasteiger partial charge in [-0.15, -0.1) is 0 Å². The molecular formula is C22H26N6O. The van der Waals surface area contributed by atoms with Crippen molar-refractivity contribution in [2.24, 2.45) is 14.1 Å². The summed E-state index contributed by atoms with van der Waals surface area (Å²) in [5.74, 6) is 1.53. The molecule has 0 N–H and O–H groups in total. The van der Waals surface area contributed by atoms with Gasteiger partial charge >= 0.3 is 0 Å². The second-order valence-corrected chi connectivity index (χ2v) is 8.25. The molecule has 1 atom stereocenters. The summed E-state index contributed by atoms with van der Waals surface area (Å²) in [7, 11) is 3.95. The van der Waals surface area contributed by atoms with Crippen LogP contribution in [0.25, 0.3) is 11.1 Å². The van der Waals surface area contributed by atoms with Gasteiger partial charge in [0.1, 0.15) is 0 Å². The van der Waals surface area contributed by atoms with Gasteiger partial charge < -0.3 is 9.80 Å². The zero-order valence-corrected chi connectivity index (χ0v) is 17.4. The predicted molar refractivity (Wildman–Crippen MR) is 112 cm³/mol. The summed E-state index contributed by atoms with van der Waals surface area (Å²) in [4.78, 5) is 16.2. The molecule has 1 aromatic carbocycles. The Hall–Kier alpha value is -3.09. The highest BCUT2D eigenvalue weighted by Crippen LogP contribution is 2.44. The summed E-state index contributed by atoms with van der Waals surface area (Å²) < 4.78 is 3.83. The average Bonchev–Trinajstić information content (AvgIpc) is 3.37. The van der Waals surface area contributed by atoms with E-state index in [1.165, 1.54) is 28.1 Å². The van der Waals surface area contributed by atoms with Crippen LogP contribution in [0.3, 0.4) is 0 Å². The Morgan fingerprint density at radius 2 is 2.03 bits per heavy atom. The molecule has 7 nitrogen and oxygen atoms in total. The Morgan fingerprint density at radius 3 is 2.76 bits per heavy atom. The van der Waals surface area contributed by atoms with Crippen molar-refractivity contribution in [3.63, 3.8) is 0 Å². The lowest BCUT2D eigenvalue weighted by atomic mass is 9.99. The van der Waals surface area contributed by atoms with Crippen LogP contribution >= 0.6 is 0 Å². The van der Waals surface area contributed by atoms with Gasteiger partial charge in [0.2, 0.25) is 5.91 Å². The number of rotatable bonds is 2. The number of benzene rings is 1. The summed E-state index contributed by atoms with van der Waals surface area (Å²) in [5.41, 5.74) is 7.30. The van der Waals surface area contributed by atoms with Gasteiger partial charge in [0.25, 0.3) is 0 Å². The molecule has 0 saturated carbocycles. The number of nitrogens with zero attached hydrogens (tertiary/aromatic N) is 6. The van der Waals surface area contributed by atoms with E-state index >= 15 is 0 Å². The monoisotopic (exact) mass is 390 g/mol. The molecule has 0 radical (unpaired) electrons. The van der Waals surface area contributed by atoms with Crippen molar-refractivity contribution in [3.05, 3.63) is 47.4 Å². The van der Waals surface area contributed by atoms with Gasteiger partial charge in [-0.3, -0.25) is 14.2 Å². The SMILES string of the molecule is CC(=O)N1CCc2c(c(N3C[C@@H](C)c4cc(-c5cnn(C)c5)ccc43)nn2C)C1. The number of hydrogen-bond acceptors (Lipinski definition) is 4. The molecule has 4 heterocycles. The Bertz CT molecular complexity index is 1110. The van der Waals surface area contributed by atoms with Crippen LogP contribution in [-0.2, 0) is 31.9 Å². The topological polar surface area (TPSA) is 59.2 Å². The third-order valence-electron chi connectivity index (χ3n) is 6.27. The Balaban J connectivity index is 1.55. The molecule has 7 heteroatoms. The minimum atomic E-state index is 0.127. The fourth-order valence-corrected chi connectivity index (χ4v) is 4.67. The second-order valence-electron chi connectivity index (χ2n) is 8.25. The fourth-order valence-electron chi connectivity index (χ4n) is 4.67. The standard InChI is InChI=1S/C22H26N6O/c1-14-11-28(21-6-5-16(9-18(14)21)17-10-23-25(3)12-17)22-19-13-27(15(2)29)8-7-20(19)26(4)24-22/h5-6,9-10,12,14H,7-8,11,13H2,1-4H3/t14-/m1/s1. The number of amides is 1. The van der Waals surface area contributed by atoms with Gasteiger partial charge in [-0.1, -0.05) is 13.0 Å². The molecule has 3 aromatic rings. The number of aromatic nitrogens is 4. The van der Waals surface area contributed by atoms with Crippen LogP contribution < -0.4 is 4.90 Å². The summed E-state index contributed by atoms with van der Waals surface area (Å²) in [6.45, 7) is 6.22. The van der Waals surface area contributed by atoms with Crippen LogP contribution in [-0.4, -0.2) is 43.5 Å². The smallest absolute Gasteiger partial charge is 0.219 e. The molecule has 2 aromatic heterocycles. The van der Waals surface area contributed by atoms with E-state index in [-0.39, 0.29) is 5.91 Å². The number of hydrogen-bond donors (Lipinski definition) is 0. The first-order valence-electron chi connectivity index (χ1n) is 10.1. The third-order valence-corrected chi connectivity index (χ3v) is 6.27. The second kappa shape index (κ2) is 6.47. The third kappa shape index (κ3) is 2.84. The number of carbonyl (C=O) groups excluding carboxylic acids is 1. The summed E-state index contributed by atoms with van der Waals surface area (Å²) >= 11 is 0. The molecule has 2 aliphatic heterocycles. The maximum atomic E-state index is 12.0. The van der Waals surface area contributed by atoms with Crippen LogP contribution in [0.1, 0.15) is 36.6 Å². The number of carbonyl (C=O) groups is 1. The van der Waals surface area contributed by atoms with E-state index in [1.807, 2.05) is 40.8 Å². The van der Waals surface area contributed by atoms with Crippen molar-refractivity contribution < 1.29 is 4.79 Å². The molecule has 0 fully saturated rings. The summed E-state index contributed by atoms with van der Waals surface area (Å²) in [6.07, 6.45) is 4.81. The van der Waals surface area contributed by atoms with E-state index in [4.69, 9.17) is 5.10 Å². The lowest BCUT2D eigenvalue weighted by Crippen LogP contribution is -2.35. The van der Waals surface area contributed by atoms with Gasteiger partial charge in [-0.05, 0) is 23.3 Å². The highest BCUT2D eigenvalue weighted by molar-refractivity contribution is 5.77. The highest BCUT2D eigenvalue weighted by atomic mass is 16.2. The van der Waals surface area contributed by atoms with Crippen molar-refractivity contribution >= 4 is 17.4 Å². The van der Waals surface area contributed by atoms with E-state index in [0.717, 1.165) is 30.9 Å². The molecular weight excluding hydrogens is 364 g/mol. The molecule has 1 amide bonds. The van der Waals surface area contributed by atoms with Crippen LogP contribution in [0.4, 0.5) is 11.5 Å². The summed E-state index contributed by atoms with van der Waals surface area (Å²) in [5, 5.41) is 9.18. The molecule has 0 aliphatic carbocycles. The van der Waals surface area contributed by atoms with Crippen molar-refractivity contribution in [3.8, 4) is 11.1 Å². The Morgan fingerprint density at radius 1 is 1.21 bits per heavy atom. The molecule has 29 heavy (non-hydrogen) atoms. The van der Waals surface area contributed by atoms with Crippen LogP contribution in [0.15, 0.2) is 30.6 Å². The van der Waals surface area contributed by atoms with Crippen LogP contribution in [0.5, 0.6) is 0 Å². The fraction of sp³-hybridized carbons (Fsp3) is 0.409. The van der Waals surface area contributed by atoms with Gasteiger partial charge in [0.05, 0.1) is 12.7 Å². The van der Waals surface area contributed by atoms with Gasteiger partial charge in [0, 0.05) is 75.2 Å². The van der Waals surface area contributed by atoms with Crippen LogP contribution in [0, 0.1) is 0 Å². The highest BCUT2D eigenvalue weighted by Gasteiger charge is 2.33. The molecule has 2 aliphatic rings. The van der Waals surface area contributed by atoms with Crippen molar-refractivity contribution in [1.82, 2.24) is 24.5 Å². The predicted octanol–water partition coefficient (Wildman–Crippen LogP) is 2.98. The normalized spacial score (nSPS) is 18.1. The number of aryl methyl sites for hydroxylation is 2. The molecule has 0 saturated heterocycles. The number of fused-ring (bicyclic) bond motifs is 2. The molecule has 150 valence electrons. The molecule has 5 rings (SSSR count). The van der Waals surface area contributed by atoms with Gasteiger partial charge in [0.15, 0.2) is 5.82 Å². The number of anilines is 2. The van der Waals surface area contributed by atoms with Crippen LogP contribution in [0.2, 0.25) is 0 Å². The molecule has 0 bridgehead atoms. The first kappa shape index (κ1) is 18.0. The largest absolute Gasteiger partial charge is 0.338 e. The minimum Gasteiger partial charge on any atom is -0.338 e. The molecule has 0 unspecified atom stereocenters. The van der Waals surface area contributed by atoms with Gasteiger partial charge in [-0.25, -0.2) is 0 Å². The molecule has 0 spiro atoms.